The number of aliphatic hydroxyl groups excluding tert-OH is 1. The number of halogens is 2. The molecule has 1 N–H and O–H groups in total. The van der Waals surface area contributed by atoms with Crippen LogP contribution in [0.25, 0.3) is 16.9 Å². The predicted molar refractivity (Wildman–Crippen MR) is 77.7 cm³/mol. The first-order valence-electron chi connectivity index (χ1n) is 6.26. The minimum absolute atomic E-state index is 0.278. The van der Waals surface area contributed by atoms with Crippen molar-refractivity contribution in [3.05, 3.63) is 65.1 Å². The molecular formula is C15H11ClFN3O. The van der Waals surface area contributed by atoms with Crippen LogP contribution in [0.4, 0.5) is 4.39 Å². The molecule has 4 nitrogen and oxygen atoms in total. The van der Waals surface area contributed by atoms with Crippen molar-refractivity contribution < 1.29 is 9.50 Å². The molecule has 0 fully saturated rings. The molecule has 6 heteroatoms. The van der Waals surface area contributed by atoms with Crippen LogP contribution in [0.2, 0.25) is 5.02 Å². The van der Waals surface area contributed by atoms with Gasteiger partial charge in [-0.25, -0.2) is 9.07 Å². The van der Waals surface area contributed by atoms with E-state index in [1.165, 1.54) is 12.1 Å². The lowest BCUT2D eigenvalue weighted by atomic mass is 10.1. The third kappa shape index (κ3) is 2.66. The van der Waals surface area contributed by atoms with Crippen LogP contribution in [0.1, 0.15) is 5.69 Å². The highest BCUT2D eigenvalue weighted by atomic mass is 35.5. The Bertz CT molecular complexity index is 771. The Kier molecular flexibility index (Phi) is 3.68. The van der Waals surface area contributed by atoms with Gasteiger partial charge in [0.25, 0.3) is 0 Å². The Balaban J connectivity index is 2.19. The van der Waals surface area contributed by atoms with E-state index in [0.29, 0.717) is 22.0 Å². The summed E-state index contributed by atoms with van der Waals surface area (Å²) in [6.07, 6.45) is 0. The molecule has 1 heterocycles. The van der Waals surface area contributed by atoms with E-state index >= 15 is 0 Å². The van der Waals surface area contributed by atoms with Crippen LogP contribution in [0.15, 0.2) is 48.5 Å². The van der Waals surface area contributed by atoms with Crippen LogP contribution in [0.3, 0.4) is 0 Å². The Morgan fingerprint density at radius 3 is 2.57 bits per heavy atom. The van der Waals surface area contributed by atoms with Gasteiger partial charge in [-0.1, -0.05) is 28.9 Å². The summed E-state index contributed by atoms with van der Waals surface area (Å²) in [5.74, 6) is -0.361. The van der Waals surface area contributed by atoms with Crippen LogP contribution in [0, 0.1) is 5.82 Å². The van der Waals surface area contributed by atoms with Crippen molar-refractivity contribution in [3.63, 3.8) is 0 Å². The second kappa shape index (κ2) is 5.63. The molecule has 0 saturated carbocycles. The van der Waals surface area contributed by atoms with E-state index in [1.54, 1.807) is 41.1 Å². The van der Waals surface area contributed by atoms with Gasteiger partial charge >= 0.3 is 0 Å². The molecule has 3 aromatic rings. The van der Waals surface area contributed by atoms with E-state index < -0.39 is 0 Å². The number of aromatic nitrogens is 3. The van der Waals surface area contributed by atoms with Gasteiger partial charge in [-0.05, 0) is 36.4 Å². The normalized spacial score (nSPS) is 10.8. The van der Waals surface area contributed by atoms with Gasteiger partial charge in [0.05, 0.1) is 12.3 Å². The van der Waals surface area contributed by atoms with Crippen molar-refractivity contribution in [1.29, 1.82) is 0 Å². The summed E-state index contributed by atoms with van der Waals surface area (Å²) in [7, 11) is 0. The molecule has 21 heavy (non-hydrogen) atoms. The maximum Gasteiger partial charge on any atom is 0.123 e. The lowest BCUT2D eigenvalue weighted by Crippen LogP contribution is -2.00. The molecule has 0 atom stereocenters. The van der Waals surface area contributed by atoms with Crippen LogP contribution < -0.4 is 0 Å². The number of hydrogen-bond donors (Lipinski definition) is 1. The first kappa shape index (κ1) is 13.7. The van der Waals surface area contributed by atoms with Gasteiger partial charge in [-0.15, -0.1) is 5.10 Å². The second-order valence-electron chi connectivity index (χ2n) is 4.44. The highest BCUT2D eigenvalue weighted by Crippen LogP contribution is 2.26. The molecule has 0 bridgehead atoms. The number of benzene rings is 2. The summed E-state index contributed by atoms with van der Waals surface area (Å²) in [4.78, 5) is 0. The Labute approximate surface area is 125 Å². The third-order valence-electron chi connectivity index (χ3n) is 3.06. The smallest absolute Gasteiger partial charge is 0.123 e. The average molecular weight is 304 g/mol. The largest absolute Gasteiger partial charge is 0.390 e. The number of aliphatic hydroxyl groups is 1. The van der Waals surface area contributed by atoms with Crippen LogP contribution >= 0.6 is 11.6 Å². The second-order valence-corrected chi connectivity index (χ2v) is 4.88. The fourth-order valence-electron chi connectivity index (χ4n) is 2.11. The molecule has 106 valence electrons. The lowest BCUT2D eigenvalue weighted by Gasteiger charge is -2.08. The van der Waals surface area contributed by atoms with Crippen molar-refractivity contribution >= 4 is 11.6 Å². The SMILES string of the molecule is OCc1nnn(-c2ccc(Cl)cc2)c1-c1cccc(F)c1. The molecule has 0 aliphatic rings. The summed E-state index contributed by atoms with van der Waals surface area (Å²) in [6.45, 7) is -0.278. The summed E-state index contributed by atoms with van der Waals surface area (Å²) in [6, 6.07) is 13.1. The molecule has 1 aromatic heterocycles. The van der Waals surface area contributed by atoms with Crippen LogP contribution in [0.5, 0.6) is 0 Å². The van der Waals surface area contributed by atoms with Gasteiger partial charge in [0.2, 0.25) is 0 Å². The molecule has 0 aliphatic carbocycles. The zero-order valence-electron chi connectivity index (χ0n) is 10.9. The molecule has 2 aromatic carbocycles. The topological polar surface area (TPSA) is 50.9 Å². The van der Waals surface area contributed by atoms with E-state index in [1.807, 2.05) is 0 Å². The van der Waals surface area contributed by atoms with Crippen molar-refractivity contribution in [2.45, 2.75) is 6.61 Å². The average Bonchev–Trinajstić information content (AvgIpc) is 2.92. The maximum atomic E-state index is 13.5. The summed E-state index contributed by atoms with van der Waals surface area (Å²) in [5, 5.41) is 18.0. The number of nitrogens with zero attached hydrogens (tertiary/aromatic N) is 3. The lowest BCUT2D eigenvalue weighted by molar-refractivity contribution is 0.277. The monoisotopic (exact) mass is 303 g/mol. The van der Waals surface area contributed by atoms with E-state index in [0.717, 1.165) is 5.69 Å². The Hall–Kier alpha value is -2.24. The van der Waals surface area contributed by atoms with Gasteiger partial charge in [0.1, 0.15) is 17.2 Å². The third-order valence-corrected chi connectivity index (χ3v) is 3.31. The van der Waals surface area contributed by atoms with E-state index in [-0.39, 0.29) is 12.4 Å². The van der Waals surface area contributed by atoms with Gasteiger partial charge in [0, 0.05) is 10.6 Å². The van der Waals surface area contributed by atoms with Gasteiger partial charge in [0.15, 0.2) is 0 Å². The number of hydrogen-bond acceptors (Lipinski definition) is 3. The summed E-state index contributed by atoms with van der Waals surface area (Å²) >= 11 is 5.87. The maximum absolute atomic E-state index is 13.5. The Morgan fingerprint density at radius 2 is 1.90 bits per heavy atom. The van der Waals surface area contributed by atoms with E-state index in [9.17, 15) is 9.50 Å². The fourth-order valence-corrected chi connectivity index (χ4v) is 2.23. The molecule has 0 unspecified atom stereocenters. The van der Waals surface area contributed by atoms with Crippen molar-refractivity contribution in [2.24, 2.45) is 0 Å². The zero-order valence-corrected chi connectivity index (χ0v) is 11.6. The zero-order chi connectivity index (χ0) is 14.8. The highest BCUT2D eigenvalue weighted by molar-refractivity contribution is 6.30. The summed E-state index contributed by atoms with van der Waals surface area (Å²) in [5.41, 5.74) is 2.26. The molecule has 0 aliphatic heterocycles. The molecule has 0 spiro atoms. The van der Waals surface area contributed by atoms with Crippen molar-refractivity contribution in [1.82, 2.24) is 15.0 Å². The predicted octanol–water partition coefficient (Wildman–Crippen LogP) is 3.22. The quantitative estimate of drug-likeness (QED) is 0.808. The van der Waals surface area contributed by atoms with Crippen LogP contribution in [-0.4, -0.2) is 20.1 Å². The van der Waals surface area contributed by atoms with E-state index in [4.69, 9.17) is 11.6 Å². The van der Waals surface area contributed by atoms with Crippen molar-refractivity contribution in [3.8, 4) is 16.9 Å². The Morgan fingerprint density at radius 1 is 1.14 bits per heavy atom. The molecule has 0 saturated heterocycles. The minimum Gasteiger partial charge on any atom is -0.390 e. The molecule has 0 amide bonds. The van der Waals surface area contributed by atoms with Crippen molar-refractivity contribution in [2.75, 3.05) is 0 Å². The molecule has 0 radical (unpaired) electrons. The standard InChI is InChI=1S/C15H11ClFN3O/c16-11-4-6-13(7-5-11)20-15(14(9-21)18-19-20)10-2-1-3-12(17)8-10/h1-8,21H,9H2. The van der Waals surface area contributed by atoms with E-state index in [2.05, 4.69) is 10.3 Å². The highest BCUT2D eigenvalue weighted by Gasteiger charge is 2.16. The van der Waals surface area contributed by atoms with Gasteiger partial charge in [-0.2, -0.15) is 0 Å². The summed E-state index contributed by atoms with van der Waals surface area (Å²) < 4.78 is 15.0. The number of rotatable bonds is 3. The fraction of sp³-hybridized carbons (Fsp3) is 0.0667. The first-order valence-corrected chi connectivity index (χ1v) is 6.64. The molecule has 3 rings (SSSR count). The van der Waals surface area contributed by atoms with Gasteiger partial charge in [-0.3, -0.25) is 0 Å². The molecular weight excluding hydrogens is 293 g/mol. The minimum atomic E-state index is -0.361. The first-order chi connectivity index (χ1) is 10.2. The van der Waals surface area contributed by atoms with Gasteiger partial charge < -0.3 is 5.11 Å². The van der Waals surface area contributed by atoms with Crippen LogP contribution in [-0.2, 0) is 6.61 Å².